The fourth-order valence-corrected chi connectivity index (χ4v) is 4.49. The Labute approximate surface area is 172 Å². The molecule has 0 radical (unpaired) electrons. The van der Waals surface area contributed by atoms with Crippen molar-refractivity contribution in [2.24, 2.45) is 0 Å². The van der Waals surface area contributed by atoms with E-state index in [1.807, 2.05) is 18.2 Å². The molecule has 0 aliphatic heterocycles. The van der Waals surface area contributed by atoms with Crippen molar-refractivity contribution in [2.45, 2.75) is 19.3 Å². The Morgan fingerprint density at radius 2 is 1.17 bits per heavy atom. The van der Waals surface area contributed by atoms with E-state index in [2.05, 4.69) is 97.6 Å². The van der Waals surface area contributed by atoms with E-state index < -0.39 is 0 Å². The molecule has 0 unspecified atom stereocenters. The number of fused-ring (bicyclic) bond motifs is 3. The first kappa shape index (κ1) is 17.6. The molecule has 0 atom stereocenters. The number of hydrogen-bond donors (Lipinski definition) is 1. The third-order valence-electron chi connectivity index (χ3n) is 5.99. The zero-order valence-corrected chi connectivity index (χ0v) is 16.8. The lowest BCUT2D eigenvalue weighted by atomic mass is 9.82. The summed E-state index contributed by atoms with van der Waals surface area (Å²) in [5.74, 6) is 0. The first-order chi connectivity index (χ1) is 14.1. The van der Waals surface area contributed by atoms with Crippen molar-refractivity contribution in [3.8, 4) is 11.1 Å². The molecule has 1 aliphatic rings. The van der Waals surface area contributed by atoms with Gasteiger partial charge in [0.15, 0.2) is 0 Å². The molecule has 0 bridgehead atoms. The topological polar surface area (TPSA) is 29.3 Å². The van der Waals surface area contributed by atoms with Gasteiger partial charge in [-0.1, -0.05) is 62.4 Å². The van der Waals surface area contributed by atoms with E-state index >= 15 is 0 Å². The largest absolute Gasteiger partial charge is 0.399 e. The highest BCUT2D eigenvalue weighted by Gasteiger charge is 2.35. The van der Waals surface area contributed by atoms with Crippen molar-refractivity contribution in [3.05, 3.63) is 108 Å². The molecule has 0 aromatic heterocycles. The molecule has 0 spiro atoms. The fraction of sp³-hybridized carbons (Fsp3) is 0.111. The van der Waals surface area contributed by atoms with Gasteiger partial charge >= 0.3 is 0 Å². The number of nitrogen functional groups attached to an aromatic ring is 1. The first-order valence-corrected chi connectivity index (χ1v) is 10.0. The van der Waals surface area contributed by atoms with Gasteiger partial charge in [-0.25, -0.2) is 0 Å². The van der Waals surface area contributed by atoms with E-state index in [0.29, 0.717) is 0 Å². The van der Waals surface area contributed by atoms with Gasteiger partial charge in [0.05, 0.1) is 0 Å². The van der Waals surface area contributed by atoms with Gasteiger partial charge in [-0.3, -0.25) is 0 Å². The summed E-state index contributed by atoms with van der Waals surface area (Å²) >= 11 is 0. The minimum absolute atomic E-state index is 0.0171. The van der Waals surface area contributed by atoms with Crippen LogP contribution in [0.2, 0.25) is 0 Å². The Kier molecular flexibility index (Phi) is 3.95. The smallest absolute Gasteiger partial charge is 0.0468 e. The van der Waals surface area contributed by atoms with Crippen LogP contribution in [0, 0.1) is 0 Å². The molecule has 4 aromatic rings. The summed E-state index contributed by atoms with van der Waals surface area (Å²) in [5.41, 5.74) is 15.5. The van der Waals surface area contributed by atoms with Crippen molar-refractivity contribution >= 4 is 22.7 Å². The highest BCUT2D eigenvalue weighted by Crippen LogP contribution is 2.50. The Balaban J connectivity index is 1.71. The van der Waals surface area contributed by atoms with E-state index in [0.717, 1.165) is 22.7 Å². The fourth-order valence-electron chi connectivity index (χ4n) is 4.49. The van der Waals surface area contributed by atoms with Gasteiger partial charge in [-0.15, -0.1) is 0 Å². The van der Waals surface area contributed by atoms with Crippen molar-refractivity contribution in [1.82, 2.24) is 0 Å². The molecule has 4 aromatic carbocycles. The van der Waals surface area contributed by atoms with Crippen LogP contribution in [0.3, 0.4) is 0 Å². The second-order valence-corrected chi connectivity index (χ2v) is 8.16. The van der Waals surface area contributed by atoms with Gasteiger partial charge in [0.25, 0.3) is 0 Å². The Morgan fingerprint density at radius 1 is 0.586 bits per heavy atom. The van der Waals surface area contributed by atoms with E-state index in [-0.39, 0.29) is 5.41 Å². The summed E-state index contributed by atoms with van der Waals surface area (Å²) in [5, 5.41) is 0. The van der Waals surface area contributed by atoms with Gasteiger partial charge < -0.3 is 10.6 Å². The monoisotopic (exact) mass is 376 g/mol. The van der Waals surface area contributed by atoms with E-state index in [9.17, 15) is 0 Å². The van der Waals surface area contributed by atoms with Crippen LogP contribution in [-0.2, 0) is 5.41 Å². The molecule has 5 rings (SSSR count). The second kappa shape index (κ2) is 6.52. The van der Waals surface area contributed by atoms with E-state index in [4.69, 9.17) is 5.73 Å². The average Bonchev–Trinajstić information content (AvgIpc) is 2.98. The number of para-hydroxylation sites is 1. The molecule has 1 aliphatic carbocycles. The molecule has 0 heterocycles. The van der Waals surface area contributed by atoms with Gasteiger partial charge in [0.2, 0.25) is 0 Å². The molecule has 29 heavy (non-hydrogen) atoms. The zero-order valence-electron chi connectivity index (χ0n) is 16.8. The first-order valence-electron chi connectivity index (χ1n) is 10.0. The van der Waals surface area contributed by atoms with Crippen LogP contribution >= 0.6 is 0 Å². The second-order valence-electron chi connectivity index (χ2n) is 8.16. The SMILES string of the molecule is CC1(C)c2ccccc2-c2cc(N(c3ccccc3)c3ccc(N)cc3)ccc21. The van der Waals surface area contributed by atoms with Crippen molar-refractivity contribution in [2.75, 3.05) is 10.6 Å². The highest BCUT2D eigenvalue weighted by atomic mass is 15.1. The molecule has 142 valence electrons. The molecule has 2 N–H and O–H groups in total. The normalized spacial score (nSPS) is 13.6. The minimum atomic E-state index is 0.0171. The van der Waals surface area contributed by atoms with Gasteiger partial charge in [-0.2, -0.15) is 0 Å². The third-order valence-corrected chi connectivity index (χ3v) is 5.99. The van der Waals surface area contributed by atoms with Crippen LogP contribution in [0.1, 0.15) is 25.0 Å². The molecule has 2 heteroatoms. The Bertz CT molecular complexity index is 1170. The lowest BCUT2D eigenvalue weighted by Gasteiger charge is -2.27. The maximum atomic E-state index is 5.94. The van der Waals surface area contributed by atoms with Crippen LogP contribution in [-0.4, -0.2) is 0 Å². The summed E-state index contributed by atoms with van der Waals surface area (Å²) in [6.45, 7) is 4.62. The molecule has 0 saturated heterocycles. The summed E-state index contributed by atoms with van der Waals surface area (Å²) in [7, 11) is 0. The van der Waals surface area contributed by atoms with E-state index in [1.54, 1.807) is 0 Å². The van der Waals surface area contributed by atoms with Gasteiger partial charge in [0.1, 0.15) is 0 Å². The summed E-state index contributed by atoms with van der Waals surface area (Å²) in [6.07, 6.45) is 0. The van der Waals surface area contributed by atoms with Crippen LogP contribution in [0.25, 0.3) is 11.1 Å². The van der Waals surface area contributed by atoms with Crippen LogP contribution in [0.5, 0.6) is 0 Å². The number of nitrogens with zero attached hydrogens (tertiary/aromatic N) is 1. The molecular formula is C27H24N2. The number of hydrogen-bond acceptors (Lipinski definition) is 2. The Morgan fingerprint density at radius 3 is 1.93 bits per heavy atom. The number of rotatable bonds is 3. The van der Waals surface area contributed by atoms with Crippen molar-refractivity contribution in [1.29, 1.82) is 0 Å². The van der Waals surface area contributed by atoms with Gasteiger partial charge in [0, 0.05) is 28.2 Å². The zero-order chi connectivity index (χ0) is 20.0. The van der Waals surface area contributed by atoms with Gasteiger partial charge in [-0.05, 0) is 70.8 Å². The number of benzene rings is 4. The molecule has 2 nitrogen and oxygen atoms in total. The maximum Gasteiger partial charge on any atom is 0.0468 e. The van der Waals surface area contributed by atoms with Crippen LogP contribution < -0.4 is 10.6 Å². The molecular weight excluding hydrogens is 352 g/mol. The highest BCUT2D eigenvalue weighted by molar-refractivity contribution is 5.86. The minimum Gasteiger partial charge on any atom is -0.399 e. The Hall–Kier alpha value is -3.52. The van der Waals surface area contributed by atoms with Crippen molar-refractivity contribution in [3.63, 3.8) is 0 Å². The van der Waals surface area contributed by atoms with E-state index in [1.165, 1.54) is 22.3 Å². The quantitative estimate of drug-likeness (QED) is 0.388. The average molecular weight is 377 g/mol. The number of nitrogens with two attached hydrogens (primary N) is 1. The summed E-state index contributed by atoms with van der Waals surface area (Å²) < 4.78 is 0. The lowest BCUT2D eigenvalue weighted by molar-refractivity contribution is 0.660. The maximum absolute atomic E-state index is 5.94. The van der Waals surface area contributed by atoms with Crippen LogP contribution in [0.4, 0.5) is 22.7 Å². The third kappa shape index (κ3) is 2.80. The predicted molar refractivity (Wildman–Crippen MR) is 123 cm³/mol. The predicted octanol–water partition coefficient (Wildman–Crippen LogP) is 7.04. The summed E-state index contributed by atoms with van der Waals surface area (Å²) in [6, 6.07) is 34.2. The lowest BCUT2D eigenvalue weighted by Crippen LogP contribution is -2.15. The standard InChI is InChI=1S/C27H24N2/c1-27(2)25-11-7-6-10-23(25)24-18-22(16-17-26(24)27)29(20-8-4-3-5-9-20)21-14-12-19(28)13-15-21/h3-18H,28H2,1-2H3. The van der Waals surface area contributed by atoms with Crippen LogP contribution in [0.15, 0.2) is 97.1 Å². The molecule has 0 amide bonds. The molecule has 0 fully saturated rings. The summed E-state index contributed by atoms with van der Waals surface area (Å²) in [4.78, 5) is 2.29. The molecule has 0 saturated carbocycles. The number of anilines is 4. The van der Waals surface area contributed by atoms with Crippen molar-refractivity contribution < 1.29 is 0 Å².